The molecule has 0 spiro atoms. The number of rotatable bonds is 2. The van der Waals surface area contributed by atoms with Gasteiger partial charge < -0.3 is 9.15 Å². The Morgan fingerprint density at radius 1 is 0.938 bits per heavy atom. The van der Waals surface area contributed by atoms with Crippen molar-refractivity contribution in [3.05, 3.63) is 60.9 Å². The standard InChI is InChI=1S/C14H9O2/c1-2-5-11(6-3-1)16-14-8-4-7-13-12(14)9-10-15-13/h1-8,10H. The van der Waals surface area contributed by atoms with Gasteiger partial charge in [-0.05, 0) is 24.3 Å². The van der Waals surface area contributed by atoms with Crippen molar-refractivity contribution in [1.82, 2.24) is 0 Å². The highest BCUT2D eigenvalue weighted by molar-refractivity contribution is 5.83. The molecule has 1 radical (unpaired) electrons. The van der Waals surface area contributed by atoms with E-state index in [0.717, 1.165) is 22.5 Å². The van der Waals surface area contributed by atoms with E-state index in [4.69, 9.17) is 9.15 Å². The number of benzene rings is 2. The average molecular weight is 209 g/mol. The molecule has 0 bridgehead atoms. The van der Waals surface area contributed by atoms with Gasteiger partial charge in [-0.1, -0.05) is 24.3 Å². The largest absolute Gasteiger partial charge is 0.464 e. The lowest BCUT2D eigenvalue weighted by atomic mass is 10.2. The SMILES string of the molecule is [c]1coc2cccc(Oc3ccccc3)c12. The fourth-order valence-electron chi connectivity index (χ4n) is 1.60. The third-order valence-electron chi connectivity index (χ3n) is 2.35. The van der Waals surface area contributed by atoms with Gasteiger partial charge in [0.25, 0.3) is 0 Å². The van der Waals surface area contributed by atoms with Crippen LogP contribution in [0.5, 0.6) is 11.5 Å². The first kappa shape index (κ1) is 9.04. The molecule has 0 aliphatic rings. The van der Waals surface area contributed by atoms with Crippen LogP contribution in [-0.2, 0) is 0 Å². The minimum absolute atomic E-state index is 0.762. The van der Waals surface area contributed by atoms with Crippen LogP contribution in [0.4, 0.5) is 0 Å². The van der Waals surface area contributed by atoms with E-state index < -0.39 is 0 Å². The molecule has 2 nitrogen and oxygen atoms in total. The number of furan rings is 1. The highest BCUT2D eigenvalue weighted by atomic mass is 16.5. The van der Waals surface area contributed by atoms with Gasteiger partial charge in [-0.25, -0.2) is 0 Å². The Bertz CT molecular complexity index is 596. The molecule has 0 saturated heterocycles. The molecule has 1 heterocycles. The molecule has 77 valence electrons. The summed E-state index contributed by atoms with van der Waals surface area (Å²) in [4.78, 5) is 0. The summed E-state index contributed by atoms with van der Waals surface area (Å²) in [6, 6.07) is 18.4. The Labute approximate surface area is 93.1 Å². The molecular weight excluding hydrogens is 200 g/mol. The Kier molecular flexibility index (Phi) is 2.11. The maximum atomic E-state index is 5.76. The molecule has 2 aromatic carbocycles. The molecule has 0 saturated carbocycles. The van der Waals surface area contributed by atoms with Gasteiger partial charge in [0.1, 0.15) is 17.1 Å². The van der Waals surface area contributed by atoms with Crippen molar-refractivity contribution in [3.63, 3.8) is 0 Å². The number of hydrogen-bond acceptors (Lipinski definition) is 2. The third kappa shape index (κ3) is 1.54. The van der Waals surface area contributed by atoms with E-state index in [9.17, 15) is 0 Å². The van der Waals surface area contributed by atoms with Crippen LogP contribution in [0.1, 0.15) is 0 Å². The van der Waals surface area contributed by atoms with Crippen molar-refractivity contribution in [3.8, 4) is 11.5 Å². The molecule has 0 N–H and O–H groups in total. The molecule has 0 atom stereocenters. The average Bonchev–Trinajstić information content (AvgIpc) is 2.80. The highest BCUT2D eigenvalue weighted by Gasteiger charge is 2.05. The predicted molar refractivity (Wildman–Crippen MR) is 61.6 cm³/mol. The van der Waals surface area contributed by atoms with Gasteiger partial charge in [0, 0.05) is 6.07 Å². The number of ether oxygens (including phenoxy) is 1. The Hall–Kier alpha value is -2.22. The monoisotopic (exact) mass is 209 g/mol. The van der Waals surface area contributed by atoms with Gasteiger partial charge in [0.05, 0.1) is 11.6 Å². The summed E-state index contributed by atoms with van der Waals surface area (Å²) < 4.78 is 11.0. The van der Waals surface area contributed by atoms with Crippen molar-refractivity contribution in [2.45, 2.75) is 0 Å². The second kappa shape index (κ2) is 3.74. The van der Waals surface area contributed by atoms with Gasteiger partial charge in [-0.15, -0.1) is 0 Å². The first-order valence-electron chi connectivity index (χ1n) is 5.04. The molecule has 2 heteroatoms. The number of para-hydroxylation sites is 1. The maximum Gasteiger partial charge on any atom is 0.139 e. The van der Waals surface area contributed by atoms with Crippen LogP contribution in [0.2, 0.25) is 0 Å². The van der Waals surface area contributed by atoms with E-state index >= 15 is 0 Å². The molecule has 0 amide bonds. The van der Waals surface area contributed by atoms with Crippen LogP contribution in [0.25, 0.3) is 11.0 Å². The van der Waals surface area contributed by atoms with Crippen LogP contribution in [0.3, 0.4) is 0 Å². The van der Waals surface area contributed by atoms with E-state index in [2.05, 4.69) is 6.07 Å². The van der Waals surface area contributed by atoms with Crippen molar-refractivity contribution in [2.24, 2.45) is 0 Å². The third-order valence-corrected chi connectivity index (χ3v) is 2.35. The lowest BCUT2D eigenvalue weighted by molar-refractivity contribution is 0.488. The first-order chi connectivity index (χ1) is 7.93. The molecule has 0 fully saturated rings. The number of hydrogen-bond donors (Lipinski definition) is 0. The molecule has 1 aromatic heterocycles. The van der Waals surface area contributed by atoms with Crippen molar-refractivity contribution in [2.75, 3.05) is 0 Å². The smallest absolute Gasteiger partial charge is 0.139 e. The fourth-order valence-corrected chi connectivity index (χ4v) is 1.60. The zero-order chi connectivity index (χ0) is 10.8. The molecule has 3 rings (SSSR count). The predicted octanol–water partition coefficient (Wildman–Crippen LogP) is 4.03. The minimum atomic E-state index is 0.762. The van der Waals surface area contributed by atoms with Crippen molar-refractivity contribution >= 4 is 11.0 Å². The van der Waals surface area contributed by atoms with Crippen LogP contribution < -0.4 is 4.74 Å². The lowest BCUT2D eigenvalue weighted by Gasteiger charge is -2.05. The normalized spacial score (nSPS) is 10.5. The fraction of sp³-hybridized carbons (Fsp3) is 0. The van der Waals surface area contributed by atoms with Crippen LogP contribution >= 0.6 is 0 Å². The Morgan fingerprint density at radius 2 is 1.81 bits per heavy atom. The van der Waals surface area contributed by atoms with Gasteiger partial charge in [0.2, 0.25) is 0 Å². The van der Waals surface area contributed by atoms with Gasteiger partial charge >= 0.3 is 0 Å². The van der Waals surface area contributed by atoms with E-state index in [1.54, 1.807) is 6.26 Å². The minimum Gasteiger partial charge on any atom is -0.464 e. The van der Waals surface area contributed by atoms with E-state index in [1.165, 1.54) is 0 Å². The molecule has 16 heavy (non-hydrogen) atoms. The summed E-state index contributed by atoms with van der Waals surface area (Å²) in [5.74, 6) is 1.57. The van der Waals surface area contributed by atoms with E-state index in [0.29, 0.717) is 0 Å². The maximum absolute atomic E-state index is 5.76. The quantitative estimate of drug-likeness (QED) is 0.635. The molecular formula is C14H9O2. The van der Waals surface area contributed by atoms with Gasteiger partial charge in [0.15, 0.2) is 0 Å². The zero-order valence-electron chi connectivity index (χ0n) is 8.51. The van der Waals surface area contributed by atoms with Crippen LogP contribution in [-0.4, -0.2) is 0 Å². The van der Waals surface area contributed by atoms with Crippen LogP contribution in [0, 0.1) is 6.07 Å². The Morgan fingerprint density at radius 3 is 2.69 bits per heavy atom. The summed E-state index contributed by atoms with van der Waals surface area (Å²) >= 11 is 0. The highest BCUT2D eigenvalue weighted by Crippen LogP contribution is 2.29. The second-order valence-corrected chi connectivity index (χ2v) is 3.42. The van der Waals surface area contributed by atoms with E-state index in [-0.39, 0.29) is 0 Å². The second-order valence-electron chi connectivity index (χ2n) is 3.42. The Balaban J connectivity index is 2.04. The number of fused-ring (bicyclic) bond motifs is 1. The summed E-state index contributed by atoms with van der Waals surface area (Å²) in [7, 11) is 0. The summed E-state index contributed by atoms with van der Waals surface area (Å²) in [6.07, 6.45) is 1.54. The molecule has 0 aliphatic heterocycles. The summed E-state index contributed by atoms with van der Waals surface area (Å²) in [6.45, 7) is 0. The van der Waals surface area contributed by atoms with Crippen molar-refractivity contribution in [1.29, 1.82) is 0 Å². The van der Waals surface area contributed by atoms with Gasteiger partial charge in [-0.2, -0.15) is 0 Å². The van der Waals surface area contributed by atoms with Crippen molar-refractivity contribution < 1.29 is 9.15 Å². The first-order valence-corrected chi connectivity index (χ1v) is 5.04. The van der Waals surface area contributed by atoms with Crippen LogP contribution in [0.15, 0.2) is 59.2 Å². The van der Waals surface area contributed by atoms with Gasteiger partial charge in [-0.3, -0.25) is 0 Å². The van der Waals surface area contributed by atoms with E-state index in [1.807, 2.05) is 48.5 Å². The molecule has 3 aromatic rings. The molecule has 0 unspecified atom stereocenters. The lowest BCUT2D eigenvalue weighted by Crippen LogP contribution is -1.83. The zero-order valence-corrected chi connectivity index (χ0v) is 8.51. The topological polar surface area (TPSA) is 22.4 Å². The summed E-state index contributed by atoms with van der Waals surface area (Å²) in [5.41, 5.74) is 0.786. The molecule has 0 aliphatic carbocycles. The summed E-state index contributed by atoms with van der Waals surface area (Å²) in [5, 5.41) is 0.867.